The van der Waals surface area contributed by atoms with Gasteiger partial charge in [0.25, 0.3) is 0 Å². The molecule has 2 heteroatoms. The topological polar surface area (TPSA) is 4.93 Å². The Morgan fingerprint density at radius 1 is 1.19 bits per heavy atom. The van der Waals surface area contributed by atoms with Crippen LogP contribution in [0.5, 0.6) is 0 Å². The molecule has 1 aromatic carbocycles. The van der Waals surface area contributed by atoms with Crippen molar-refractivity contribution in [1.82, 2.24) is 4.57 Å². The summed E-state index contributed by atoms with van der Waals surface area (Å²) >= 11 is 3.68. The predicted molar refractivity (Wildman–Crippen MR) is 70.6 cm³/mol. The first-order chi connectivity index (χ1) is 7.77. The Labute approximate surface area is 104 Å². The van der Waals surface area contributed by atoms with Crippen LogP contribution in [0.3, 0.4) is 0 Å². The van der Waals surface area contributed by atoms with Crippen LogP contribution >= 0.6 is 15.9 Å². The fraction of sp³-hybridized carbons (Fsp3) is 0.286. The average molecular weight is 276 g/mol. The minimum absolute atomic E-state index is 0.724. The smallest absolute Gasteiger partial charge is 0.0629 e. The van der Waals surface area contributed by atoms with E-state index in [0.717, 1.165) is 6.04 Å². The molecule has 0 aliphatic heterocycles. The van der Waals surface area contributed by atoms with Crippen LogP contribution in [-0.4, -0.2) is 4.57 Å². The third-order valence-electron chi connectivity index (χ3n) is 3.14. The molecule has 1 nitrogen and oxygen atoms in total. The van der Waals surface area contributed by atoms with Crippen LogP contribution in [0, 0.1) is 6.92 Å². The van der Waals surface area contributed by atoms with Crippen molar-refractivity contribution in [2.24, 2.45) is 0 Å². The first-order valence-corrected chi connectivity index (χ1v) is 6.49. The van der Waals surface area contributed by atoms with Gasteiger partial charge >= 0.3 is 0 Å². The summed E-state index contributed by atoms with van der Waals surface area (Å²) in [6.45, 7) is 2.19. The quantitative estimate of drug-likeness (QED) is 0.757. The third kappa shape index (κ3) is 1.61. The largest absolute Gasteiger partial charge is 0.341 e. The van der Waals surface area contributed by atoms with E-state index in [1.807, 2.05) is 0 Å². The van der Waals surface area contributed by atoms with Crippen molar-refractivity contribution in [3.63, 3.8) is 0 Å². The highest BCUT2D eigenvalue weighted by molar-refractivity contribution is 9.10. The Hall–Kier alpha value is -1.02. The number of aryl methyl sites for hydroxylation is 1. The number of halogens is 1. The van der Waals surface area contributed by atoms with Gasteiger partial charge in [-0.1, -0.05) is 30.3 Å². The monoisotopic (exact) mass is 275 g/mol. The minimum atomic E-state index is 0.724. The maximum absolute atomic E-state index is 3.68. The van der Waals surface area contributed by atoms with Gasteiger partial charge in [-0.05, 0) is 47.3 Å². The molecule has 1 saturated carbocycles. The molecule has 0 N–H and O–H groups in total. The third-order valence-corrected chi connectivity index (χ3v) is 3.75. The van der Waals surface area contributed by atoms with Crippen LogP contribution in [0.1, 0.15) is 24.6 Å². The highest BCUT2D eigenvalue weighted by atomic mass is 79.9. The summed E-state index contributed by atoms with van der Waals surface area (Å²) in [5, 5.41) is 0. The number of rotatable bonds is 2. The molecule has 3 rings (SSSR count). The Kier molecular flexibility index (Phi) is 2.40. The van der Waals surface area contributed by atoms with Crippen molar-refractivity contribution >= 4 is 15.9 Å². The minimum Gasteiger partial charge on any atom is -0.341 e. The number of hydrogen-bond donors (Lipinski definition) is 0. The zero-order chi connectivity index (χ0) is 11.1. The SMILES string of the molecule is Cc1cc(Br)c(-c2ccccc2)n1C1CC1. The van der Waals surface area contributed by atoms with Crippen LogP contribution in [0.25, 0.3) is 11.3 Å². The van der Waals surface area contributed by atoms with Crippen LogP contribution in [0.15, 0.2) is 40.9 Å². The van der Waals surface area contributed by atoms with Crippen molar-refractivity contribution in [3.05, 3.63) is 46.6 Å². The molecule has 0 atom stereocenters. The molecule has 82 valence electrons. The lowest BCUT2D eigenvalue weighted by molar-refractivity contribution is 0.730. The van der Waals surface area contributed by atoms with Crippen LogP contribution in [0.2, 0.25) is 0 Å². The maximum Gasteiger partial charge on any atom is 0.0629 e. The van der Waals surface area contributed by atoms with Gasteiger partial charge in [-0.25, -0.2) is 0 Å². The van der Waals surface area contributed by atoms with Gasteiger partial charge in [0, 0.05) is 16.2 Å². The van der Waals surface area contributed by atoms with Crippen molar-refractivity contribution in [1.29, 1.82) is 0 Å². The molecule has 1 heterocycles. The Bertz CT molecular complexity index is 509. The second-order valence-corrected chi connectivity index (χ2v) is 5.30. The second-order valence-electron chi connectivity index (χ2n) is 4.45. The van der Waals surface area contributed by atoms with E-state index in [1.54, 1.807) is 0 Å². The lowest BCUT2D eigenvalue weighted by Gasteiger charge is -2.11. The van der Waals surface area contributed by atoms with Crippen molar-refractivity contribution in [2.45, 2.75) is 25.8 Å². The lowest BCUT2D eigenvalue weighted by atomic mass is 10.1. The molecule has 1 fully saturated rings. The molecule has 0 saturated heterocycles. The summed E-state index contributed by atoms with van der Waals surface area (Å²) in [5.74, 6) is 0. The standard InChI is InChI=1S/C14H14BrN/c1-10-9-13(15)14(16(10)12-7-8-12)11-5-3-2-4-6-11/h2-6,9,12H,7-8H2,1H3. The highest BCUT2D eigenvalue weighted by Gasteiger charge is 2.28. The molecular formula is C14H14BrN. The number of hydrogen-bond acceptors (Lipinski definition) is 0. The molecule has 0 unspecified atom stereocenters. The van der Waals surface area contributed by atoms with Gasteiger partial charge in [0.05, 0.1) is 5.69 Å². The summed E-state index contributed by atoms with van der Waals surface area (Å²) in [4.78, 5) is 0. The highest BCUT2D eigenvalue weighted by Crippen LogP contribution is 2.43. The average Bonchev–Trinajstić information content (AvgIpc) is 3.06. The van der Waals surface area contributed by atoms with Crippen molar-refractivity contribution in [3.8, 4) is 11.3 Å². The molecule has 2 aromatic rings. The molecule has 0 radical (unpaired) electrons. The Morgan fingerprint density at radius 2 is 1.88 bits per heavy atom. The van der Waals surface area contributed by atoms with E-state index in [1.165, 1.54) is 34.3 Å². The van der Waals surface area contributed by atoms with E-state index in [0.29, 0.717) is 0 Å². The summed E-state index contributed by atoms with van der Waals surface area (Å²) in [6.07, 6.45) is 2.64. The molecule has 1 aromatic heterocycles. The molecule has 0 spiro atoms. The second kappa shape index (κ2) is 3.77. The normalized spacial score (nSPS) is 15.4. The van der Waals surface area contributed by atoms with E-state index < -0.39 is 0 Å². The molecule has 1 aliphatic rings. The van der Waals surface area contributed by atoms with Crippen molar-refractivity contribution in [2.75, 3.05) is 0 Å². The van der Waals surface area contributed by atoms with Gasteiger partial charge in [-0.15, -0.1) is 0 Å². The van der Waals surface area contributed by atoms with E-state index in [2.05, 4.69) is 63.8 Å². The van der Waals surface area contributed by atoms with Gasteiger partial charge in [0.15, 0.2) is 0 Å². The van der Waals surface area contributed by atoms with E-state index in [4.69, 9.17) is 0 Å². The van der Waals surface area contributed by atoms with Gasteiger partial charge in [-0.3, -0.25) is 0 Å². The van der Waals surface area contributed by atoms with Crippen molar-refractivity contribution < 1.29 is 0 Å². The zero-order valence-corrected chi connectivity index (χ0v) is 10.9. The summed E-state index contributed by atoms with van der Waals surface area (Å²) in [6, 6.07) is 13.6. The van der Waals surface area contributed by atoms with E-state index in [9.17, 15) is 0 Å². The number of benzene rings is 1. The number of nitrogens with zero attached hydrogens (tertiary/aromatic N) is 1. The molecule has 1 aliphatic carbocycles. The summed E-state index contributed by atoms with van der Waals surface area (Å²) in [7, 11) is 0. The maximum atomic E-state index is 3.68. The van der Waals surface area contributed by atoms with Crippen LogP contribution in [-0.2, 0) is 0 Å². The van der Waals surface area contributed by atoms with Gasteiger partial charge in [-0.2, -0.15) is 0 Å². The number of aromatic nitrogens is 1. The first kappa shape index (κ1) is 10.2. The zero-order valence-electron chi connectivity index (χ0n) is 9.28. The van der Waals surface area contributed by atoms with Crippen LogP contribution < -0.4 is 0 Å². The predicted octanol–water partition coefficient (Wildman–Crippen LogP) is 4.56. The Balaban J connectivity index is 2.19. The molecule has 16 heavy (non-hydrogen) atoms. The van der Waals surface area contributed by atoms with Gasteiger partial charge in [0.1, 0.15) is 0 Å². The van der Waals surface area contributed by atoms with E-state index in [-0.39, 0.29) is 0 Å². The summed E-state index contributed by atoms with van der Waals surface area (Å²) < 4.78 is 3.68. The first-order valence-electron chi connectivity index (χ1n) is 5.70. The van der Waals surface area contributed by atoms with E-state index >= 15 is 0 Å². The molecule has 0 bridgehead atoms. The molecular weight excluding hydrogens is 262 g/mol. The summed E-state index contributed by atoms with van der Waals surface area (Å²) in [5.41, 5.74) is 3.99. The van der Waals surface area contributed by atoms with Crippen LogP contribution in [0.4, 0.5) is 0 Å². The Morgan fingerprint density at radius 3 is 2.50 bits per heavy atom. The molecule has 0 amide bonds. The fourth-order valence-electron chi connectivity index (χ4n) is 2.29. The van der Waals surface area contributed by atoms with Gasteiger partial charge in [0.2, 0.25) is 0 Å². The lowest BCUT2D eigenvalue weighted by Crippen LogP contribution is -1.98. The van der Waals surface area contributed by atoms with Gasteiger partial charge < -0.3 is 4.57 Å². The fourth-order valence-corrected chi connectivity index (χ4v) is 3.04.